The van der Waals surface area contributed by atoms with Crippen LogP contribution in [0.3, 0.4) is 0 Å². The molecule has 0 radical (unpaired) electrons. The van der Waals surface area contributed by atoms with Gasteiger partial charge in [0.05, 0.1) is 4.90 Å². The molecule has 0 aliphatic rings. The molecule has 108 valence electrons. The minimum atomic E-state index is -3.36. The number of benzene rings is 1. The standard InChI is InChI=1S/C15H25NO2S/c1-4-5-6-7-8-11-16-19(17,18)15-12-13(2)9-10-14(15)3/h9-10,12,16H,4-8,11H2,1-3H3. The van der Waals surface area contributed by atoms with E-state index in [4.69, 9.17) is 0 Å². The van der Waals surface area contributed by atoms with E-state index >= 15 is 0 Å². The fraction of sp³-hybridized carbons (Fsp3) is 0.600. The van der Waals surface area contributed by atoms with Crippen LogP contribution >= 0.6 is 0 Å². The summed E-state index contributed by atoms with van der Waals surface area (Å²) in [7, 11) is -3.36. The molecular formula is C15H25NO2S. The lowest BCUT2D eigenvalue weighted by Gasteiger charge is -2.10. The Labute approximate surface area is 117 Å². The van der Waals surface area contributed by atoms with Crippen LogP contribution in [0.1, 0.15) is 50.2 Å². The maximum Gasteiger partial charge on any atom is 0.240 e. The van der Waals surface area contributed by atoms with E-state index in [0.29, 0.717) is 11.4 Å². The minimum Gasteiger partial charge on any atom is -0.211 e. The highest BCUT2D eigenvalue weighted by Crippen LogP contribution is 2.16. The van der Waals surface area contributed by atoms with E-state index in [1.54, 1.807) is 6.07 Å². The Hall–Kier alpha value is -0.870. The molecule has 0 unspecified atom stereocenters. The molecule has 0 heterocycles. The van der Waals surface area contributed by atoms with Gasteiger partial charge in [0.1, 0.15) is 0 Å². The lowest BCUT2D eigenvalue weighted by atomic mass is 10.2. The van der Waals surface area contributed by atoms with E-state index in [1.165, 1.54) is 19.3 Å². The third-order valence-corrected chi connectivity index (χ3v) is 4.81. The maximum absolute atomic E-state index is 12.2. The summed E-state index contributed by atoms with van der Waals surface area (Å²) in [6.45, 7) is 6.43. The van der Waals surface area contributed by atoms with Crippen molar-refractivity contribution in [3.8, 4) is 0 Å². The summed E-state index contributed by atoms with van der Waals surface area (Å²) in [5.74, 6) is 0. The molecule has 1 aromatic carbocycles. The van der Waals surface area contributed by atoms with Gasteiger partial charge in [-0.05, 0) is 37.5 Å². The van der Waals surface area contributed by atoms with Crippen LogP contribution in [-0.4, -0.2) is 15.0 Å². The lowest BCUT2D eigenvalue weighted by molar-refractivity contribution is 0.570. The lowest BCUT2D eigenvalue weighted by Crippen LogP contribution is -2.25. The van der Waals surface area contributed by atoms with Gasteiger partial charge in [0, 0.05) is 6.54 Å². The van der Waals surface area contributed by atoms with Gasteiger partial charge in [-0.25, -0.2) is 13.1 Å². The molecule has 0 aliphatic heterocycles. The first-order chi connectivity index (χ1) is 8.97. The Morgan fingerprint density at radius 1 is 1.05 bits per heavy atom. The second-order valence-corrected chi connectivity index (χ2v) is 6.82. The van der Waals surface area contributed by atoms with Gasteiger partial charge in [0.25, 0.3) is 0 Å². The SMILES string of the molecule is CCCCCCCNS(=O)(=O)c1cc(C)ccc1C. The van der Waals surface area contributed by atoms with Crippen LogP contribution in [-0.2, 0) is 10.0 Å². The van der Waals surface area contributed by atoms with Crippen LogP contribution in [0.5, 0.6) is 0 Å². The van der Waals surface area contributed by atoms with Gasteiger partial charge >= 0.3 is 0 Å². The van der Waals surface area contributed by atoms with E-state index in [2.05, 4.69) is 11.6 Å². The van der Waals surface area contributed by atoms with Crippen molar-refractivity contribution in [3.05, 3.63) is 29.3 Å². The maximum atomic E-state index is 12.2. The van der Waals surface area contributed by atoms with Gasteiger partial charge in [0.15, 0.2) is 0 Å². The zero-order chi connectivity index (χ0) is 14.3. The highest BCUT2D eigenvalue weighted by molar-refractivity contribution is 7.89. The molecule has 0 aliphatic carbocycles. The van der Waals surface area contributed by atoms with Crippen molar-refractivity contribution in [1.29, 1.82) is 0 Å². The average Bonchev–Trinajstić information content (AvgIpc) is 2.36. The molecule has 1 N–H and O–H groups in total. The molecule has 0 aromatic heterocycles. The second kappa shape index (κ2) is 7.65. The van der Waals surface area contributed by atoms with Crippen LogP contribution in [0.15, 0.2) is 23.1 Å². The monoisotopic (exact) mass is 283 g/mol. The van der Waals surface area contributed by atoms with Gasteiger partial charge < -0.3 is 0 Å². The van der Waals surface area contributed by atoms with Crippen molar-refractivity contribution < 1.29 is 8.42 Å². The molecule has 0 atom stereocenters. The molecule has 1 aromatic rings. The smallest absolute Gasteiger partial charge is 0.211 e. The van der Waals surface area contributed by atoms with Crippen LogP contribution in [0, 0.1) is 13.8 Å². The summed E-state index contributed by atoms with van der Waals surface area (Å²) in [5.41, 5.74) is 1.76. The zero-order valence-corrected chi connectivity index (χ0v) is 13.0. The number of unbranched alkanes of at least 4 members (excludes halogenated alkanes) is 4. The summed E-state index contributed by atoms with van der Waals surface area (Å²) < 4.78 is 27.1. The molecule has 3 nitrogen and oxygen atoms in total. The van der Waals surface area contributed by atoms with Gasteiger partial charge in [0.2, 0.25) is 10.0 Å². The minimum absolute atomic E-state index is 0.404. The van der Waals surface area contributed by atoms with Crippen LogP contribution in [0.2, 0.25) is 0 Å². The molecule has 0 saturated heterocycles. The summed E-state index contributed by atoms with van der Waals surface area (Å²) in [6, 6.07) is 5.51. The van der Waals surface area contributed by atoms with Crippen molar-refractivity contribution >= 4 is 10.0 Å². The first kappa shape index (κ1) is 16.2. The summed E-state index contributed by atoms with van der Waals surface area (Å²) in [5, 5.41) is 0. The second-order valence-electron chi connectivity index (χ2n) is 5.08. The van der Waals surface area contributed by atoms with Crippen LogP contribution < -0.4 is 4.72 Å². The molecule has 1 rings (SSSR count). The molecule has 0 saturated carbocycles. The van der Waals surface area contributed by atoms with Gasteiger partial charge in [-0.3, -0.25) is 0 Å². The highest BCUT2D eigenvalue weighted by Gasteiger charge is 2.15. The van der Waals surface area contributed by atoms with Gasteiger partial charge in [-0.15, -0.1) is 0 Å². The quantitative estimate of drug-likeness (QED) is 0.742. The molecule has 4 heteroatoms. The Morgan fingerprint density at radius 3 is 2.42 bits per heavy atom. The molecule has 19 heavy (non-hydrogen) atoms. The van der Waals surface area contributed by atoms with Crippen molar-refractivity contribution in [3.63, 3.8) is 0 Å². The van der Waals surface area contributed by atoms with Crippen molar-refractivity contribution in [2.75, 3.05) is 6.54 Å². The van der Waals surface area contributed by atoms with Crippen molar-refractivity contribution in [2.45, 2.75) is 57.8 Å². The largest absolute Gasteiger partial charge is 0.240 e. The van der Waals surface area contributed by atoms with E-state index in [-0.39, 0.29) is 0 Å². The van der Waals surface area contributed by atoms with Gasteiger partial charge in [-0.1, -0.05) is 44.7 Å². The number of nitrogens with one attached hydrogen (secondary N) is 1. The van der Waals surface area contributed by atoms with Crippen LogP contribution in [0.25, 0.3) is 0 Å². The van der Waals surface area contributed by atoms with E-state index in [0.717, 1.165) is 24.0 Å². The number of hydrogen-bond acceptors (Lipinski definition) is 2. The summed E-state index contributed by atoms with van der Waals surface area (Å²) in [6.07, 6.45) is 5.60. The van der Waals surface area contributed by atoms with Gasteiger partial charge in [-0.2, -0.15) is 0 Å². The average molecular weight is 283 g/mol. The van der Waals surface area contributed by atoms with E-state index in [9.17, 15) is 8.42 Å². The van der Waals surface area contributed by atoms with Crippen molar-refractivity contribution in [2.24, 2.45) is 0 Å². The highest BCUT2D eigenvalue weighted by atomic mass is 32.2. The Morgan fingerprint density at radius 2 is 1.74 bits per heavy atom. The fourth-order valence-electron chi connectivity index (χ4n) is 2.01. The number of sulfonamides is 1. The summed E-state index contributed by atoms with van der Waals surface area (Å²) in [4.78, 5) is 0.404. The van der Waals surface area contributed by atoms with Crippen molar-refractivity contribution in [1.82, 2.24) is 4.72 Å². The number of rotatable bonds is 8. The number of hydrogen-bond donors (Lipinski definition) is 1. The van der Waals surface area contributed by atoms with Crippen LogP contribution in [0.4, 0.5) is 0 Å². The normalized spacial score (nSPS) is 11.7. The first-order valence-corrected chi connectivity index (χ1v) is 8.52. The predicted octanol–water partition coefficient (Wildman–Crippen LogP) is 3.55. The topological polar surface area (TPSA) is 46.2 Å². The fourth-order valence-corrected chi connectivity index (χ4v) is 3.41. The summed E-state index contributed by atoms with van der Waals surface area (Å²) >= 11 is 0. The third-order valence-electron chi connectivity index (χ3n) is 3.21. The Kier molecular flexibility index (Phi) is 6.52. The molecule has 0 spiro atoms. The molecule has 0 amide bonds. The Balaban J connectivity index is 2.54. The predicted molar refractivity (Wildman–Crippen MR) is 79.9 cm³/mol. The van der Waals surface area contributed by atoms with E-state index < -0.39 is 10.0 Å². The first-order valence-electron chi connectivity index (χ1n) is 7.04. The molecular weight excluding hydrogens is 258 g/mol. The molecule has 0 fully saturated rings. The van der Waals surface area contributed by atoms with E-state index in [1.807, 2.05) is 26.0 Å². The zero-order valence-electron chi connectivity index (χ0n) is 12.2. The Bertz CT molecular complexity index is 495. The number of aryl methyl sites for hydroxylation is 2. The molecule has 0 bridgehead atoms. The third kappa shape index (κ3) is 5.33.